The summed E-state index contributed by atoms with van der Waals surface area (Å²) in [4.78, 5) is 18.8. The van der Waals surface area contributed by atoms with Crippen LogP contribution in [0, 0.1) is 0 Å². The molecule has 0 fully saturated rings. The lowest BCUT2D eigenvalue weighted by Gasteiger charge is -2.31. The predicted molar refractivity (Wildman–Crippen MR) is 163 cm³/mol. The van der Waals surface area contributed by atoms with Gasteiger partial charge in [-0.1, -0.05) is 0 Å². The van der Waals surface area contributed by atoms with Gasteiger partial charge in [-0.2, -0.15) is 0 Å². The number of carboxylic acid groups (broad SMARTS) is 1. The molecule has 0 saturated heterocycles. The number of hydrogen-bond donors (Lipinski definition) is 7. The molecule has 0 bridgehead atoms. The summed E-state index contributed by atoms with van der Waals surface area (Å²) in [5.74, 6) is 3.84. The second-order valence-electron chi connectivity index (χ2n) is 8.82. The zero-order chi connectivity index (χ0) is 24.6. The summed E-state index contributed by atoms with van der Waals surface area (Å²) < 4.78 is 0. The summed E-state index contributed by atoms with van der Waals surface area (Å²) in [7, 11) is -0.866. The van der Waals surface area contributed by atoms with Crippen LogP contribution in [0.15, 0.2) is 24.5 Å². The molecule has 0 aliphatic carbocycles. The highest BCUT2D eigenvalue weighted by atomic mass is 32.2. The maximum absolute atomic E-state index is 12.5. The number of aliphatic hydroxyl groups is 1. The molecule has 0 aromatic heterocycles. The van der Waals surface area contributed by atoms with Gasteiger partial charge in [0, 0.05) is 119 Å². The van der Waals surface area contributed by atoms with Crippen LogP contribution >= 0.6 is 52.4 Å². The Morgan fingerprint density at radius 2 is 0.861 bits per heavy atom. The molecule has 6 atom stereocenters. The molecule has 0 radical (unpaired) electrons. The van der Waals surface area contributed by atoms with E-state index in [-0.39, 0.29) is 52.4 Å². The second-order valence-corrected chi connectivity index (χ2v) is 18.4. The van der Waals surface area contributed by atoms with Gasteiger partial charge in [-0.05, 0) is 0 Å². The van der Waals surface area contributed by atoms with Gasteiger partial charge >= 0.3 is 5.97 Å². The van der Waals surface area contributed by atoms with Crippen molar-refractivity contribution in [2.75, 3.05) is 61.5 Å². The zero-order valence-corrected chi connectivity index (χ0v) is 24.0. The molecular weight excluding hydrogens is 555 g/mol. The lowest BCUT2D eigenvalue weighted by Crippen LogP contribution is -2.16. The van der Waals surface area contributed by atoms with Crippen LogP contribution in [0.5, 0.6) is 0 Å². The van der Waals surface area contributed by atoms with Gasteiger partial charge in [0.15, 0.2) is 6.10 Å². The number of benzene rings is 1. The van der Waals surface area contributed by atoms with Crippen molar-refractivity contribution in [3.8, 4) is 0 Å². The van der Waals surface area contributed by atoms with Gasteiger partial charge in [-0.15, -0.1) is 52.4 Å². The van der Waals surface area contributed by atoms with Gasteiger partial charge in [0.1, 0.15) is 0 Å². The van der Waals surface area contributed by atoms with Crippen LogP contribution in [-0.4, -0.2) is 105 Å². The number of hydrogen-bond acceptors (Lipinski definition) is 7. The van der Waals surface area contributed by atoms with Crippen LogP contribution in [-0.2, 0) is 4.79 Å². The zero-order valence-electron chi connectivity index (χ0n) is 19.9. The topological polar surface area (TPSA) is 118 Å². The van der Waals surface area contributed by atoms with Crippen molar-refractivity contribution >= 4 is 85.8 Å². The lowest BCUT2D eigenvalue weighted by molar-refractivity contribution is -0.147. The van der Waals surface area contributed by atoms with Crippen LogP contribution < -0.4 is 26.6 Å². The summed E-state index contributed by atoms with van der Waals surface area (Å²) in [6.45, 7) is 4.60. The molecule has 0 amide bonds. The number of rotatable bonds is 7. The molecule has 36 heavy (non-hydrogen) atoms. The van der Waals surface area contributed by atoms with Crippen molar-refractivity contribution in [2.24, 2.45) is 0 Å². The lowest BCUT2D eigenvalue weighted by atomic mass is 10.1. The van der Waals surface area contributed by atoms with E-state index in [2.05, 4.69) is 54.0 Å². The Balaban J connectivity index is 1.81. The van der Waals surface area contributed by atoms with Gasteiger partial charge in [-0.3, -0.25) is 26.6 Å². The third-order valence-electron chi connectivity index (χ3n) is 6.59. The maximum atomic E-state index is 12.5. The molecule has 198 valence electrons. The molecule has 0 spiro atoms. The highest BCUT2D eigenvalue weighted by Crippen LogP contribution is 2.59. The van der Waals surface area contributed by atoms with Gasteiger partial charge in [0.2, 0.25) is 0 Å². The normalized spacial score (nSPS) is 32.4. The first-order chi connectivity index (χ1) is 17.6. The van der Waals surface area contributed by atoms with Crippen LogP contribution in [0.1, 0.15) is 11.7 Å². The summed E-state index contributed by atoms with van der Waals surface area (Å²) in [5, 5.41) is 38.9. The fraction of sp³-hybridized carbons (Fsp3) is 0.478. The first-order valence-corrected chi connectivity index (χ1v) is 19.4. The minimum absolute atomic E-state index is 0.0653. The third kappa shape index (κ3) is 4.75. The van der Waals surface area contributed by atoms with Gasteiger partial charge in [0.25, 0.3) is 0 Å². The summed E-state index contributed by atoms with van der Waals surface area (Å²) in [6.07, 6.45) is -1.53. The van der Waals surface area contributed by atoms with E-state index < -0.39 is 12.1 Å². The van der Waals surface area contributed by atoms with Crippen molar-refractivity contribution in [1.29, 1.82) is 0 Å². The number of aliphatic hydroxyl groups excluding tert-OH is 1. The van der Waals surface area contributed by atoms with E-state index in [1.807, 2.05) is 0 Å². The van der Waals surface area contributed by atoms with Crippen LogP contribution in [0.3, 0.4) is 0 Å². The third-order valence-corrected chi connectivity index (χ3v) is 17.3. The SMILES string of the molecule is O=C(O)C(O)c1c(S2=CNCC2)c(S2=CNCC2)c(S2=CNCC2)c(S2=CNCC2)c1S1=CNCC1. The largest absolute Gasteiger partial charge is 0.479 e. The number of carbonyl (C=O) groups is 1. The molecule has 1 aromatic carbocycles. The Labute approximate surface area is 224 Å². The fourth-order valence-corrected chi connectivity index (χ4v) is 17.0. The Bertz CT molecular complexity index is 1220. The molecule has 7 N–H and O–H groups in total. The standard InChI is InChI=1S/C23H33N5O3S5/c29-17(23(30)31)16-18(32-6-1-24-11-32)20(34-8-3-26-13-34)22(36-10-5-28-15-36)21(35-9-4-27-14-35)19(16)33-7-2-25-12-33/h11-15,17,24-29H,1-10H2,(H,30,31). The number of nitrogens with one attached hydrogen (secondary N) is 5. The first kappa shape index (κ1) is 25.8. The molecule has 0 saturated carbocycles. The van der Waals surface area contributed by atoms with Crippen molar-refractivity contribution in [3.05, 3.63) is 5.56 Å². The van der Waals surface area contributed by atoms with E-state index in [1.54, 1.807) is 0 Å². The molecular formula is C23H33N5O3S5. The Morgan fingerprint density at radius 3 is 1.11 bits per heavy atom. The molecule has 6 rings (SSSR count). The van der Waals surface area contributed by atoms with E-state index in [9.17, 15) is 15.0 Å². The first-order valence-electron chi connectivity index (χ1n) is 12.1. The number of carboxylic acids is 1. The van der Waals surface area contributed by atoms with Crippen LogP contribution in [0.4, 0.5) is 0 Å². The van der Waals surface area contributed by atoms with E-state index in [0.29, 0.717) is 5.56 Å². The van der Waals surface area contributed by atoms with Crippen molar-refractivity contribution in [3.63, 3.8) is 0 Å². The molecule has 5 aliphatic heterocycles. The van der Waals surface area contributed by atoms with E-state index in [4.69, 9.17) is 0 Å². The Kier molecular flexibility index (Phi) is 8.13. The van der Waals surface area contributed by atoms with Crippen molar-refractivity contribution < 1.29 is 15.0 Å². The molecule has 8 nitrogen and oxygen atoms in total. The Morgan fingerprint density at radius 1 is 0.583 bits per heavy atom. The summed E-state index contributed by atoms with van der Waals surface area (Å²) in [5.41, 5.74) is 11.8. The highest BCUT2D eigenvalue weighted by molar-refractivity contribution is 8.21. The minimum atomic E-state index is -1.53. The molecule has 5 heterocycles. The van der Waals surface area contributed by atoms with Crippen LogP contribution in [0.25, 0.3) is 0 Å². The van der Waals surface area contributed by atoms with E-state index in [1.165, 1.54) is 14.7 Å². The molecule has 1 aromatic rings. The van der Waals surface area contributed by atoms with E-state index >= 15 is 0 Å². The quantitative estimate of drug-likeness (QED) is 0.234. The fourth-order valence-electron chi connectivity index (χ4n) is 5.01. The summed E-state index contributed by atoms with van der Waals surface area (Å²) in [6, 6.07) is 0. The molecule has 6 unspecified atom stereocenters. The van der Waals surface area contributed by atoms with E-state index in [0.717, 1.165) is 71.3 Å². The van der Waals surface area contributed by atoms with Crippen molar-refractivity contribution in [1.82, 2.24) is 26.6 Å². The van der Waals surface area contributed by atoms with Gasteiger partial charge < -0.3 is 10.2 Å². The maximum Gasteiger partial charge on any atom is 0.337 e. The average Bonchev–Trinajstić information content (AvgIpc) is 3.72. The average molecular weight is 588 g/mol. The molecule has 5 aliphatic rings. The second kappa shape index (κ2) is 11.3. The van der Waals surface area contributed by atoms with Gasteiger partial charge in [-0.25, -0.2) is 4.79 Å². The molecule has 13 heteroatoms. The smallest absolute Gasteiger partial charge is 0.337 e. The number of aliphatic carboxylic acids is 1. The van der Waals surface area contributed by atoms with Crippen LogP contribution in [0.2, 0.25) is 0 Å². The predicted octanol–water partition coefficient (Wildman–Crippen LogP) is 0.758. The monoisotopic (exact) mass is 587 g/mol. The Hall–Kier alpha value is -0.450. The van der Waals surface area contributed by atoms with Crippen molar-refractivity contribution in [2.45, 2.75) is 30.6 Å². The highest BCUT2D eigenvalue weighted by Gasteiger charge is 2.37. The summed E-state index contributed by atoms with van der Waals surface area (Å²) >= 11 is 0. The minimum Gasteiger partial charge on any atom is -0.479 e. The van der Waals surface area contributed by atoms with Gasteiger partial charge in [0.05, 0.1) is 0 Å².